The largest absolute Gasteiger partial charge is 0.313 e. The maximum absolute atomic E-state index is 3.87. The summed E-state index contributed by atoms with van der Waals surface area (Å²) in [5.41, 5.74) is 1.68. The summed E-state index contributed by atoms with van der Waals surface area (Å²) in [6.07, 6.45) is 11.2. The van der Waals surface area contributed by atoms with Gasteiger partial charge in [-0.25, -0.2) is 0 Å². The van der Waals surface area contributed by atoms with Crippen LogP contribution in [0.5, 0.6) is 0 Å². The first kappa shape index (κ1) is 13.6. The second kappa shape index (κ2) is 6.41. The summed E-state index contributed by atoms with van der Waals surface area (Å²) in [6, 6.07) is 3.14. The molecule has 0 aromatic carbocycles. The van der Waals surface area contributed by atoms with Gasteiger partial charge in [0.25, 0.3) is 0 Å². The van der Waals surface area contributed by atoms with Crippen molar-refractivity contribution in [2.45, 2.75) is 70.3 Å². The molecule has 1 nitrogen and oxygen atoms in total. The smallest absolute Gasteiger partial charge is 0.0139 e. The Morgan fingerprint density at radius 1 is 1.32 bits per heavy atom. The van der Waals surface area contributed by atoms with Crippen molar-refractivity contribution >= 4 is 11.3 Å². The summed E-state index contributed by atoms with van der Waals surface area (Å²) in [5.74, 6) is 1.81. The molecule has 1 saturated carbocycles. The molecule has 0 spiro atoms. The van der Waals surface area contributed by atoms with Crippen molar-refractivity contribution in [2.75, 3.05) is 6.54 Å². The van der Waals surface area contributed by atoms with Crippen LogP contribution in [0.4, 0.5) is 0 Å². The highest BCUT2D eigenvalue weighted by atomic mass is 32.1. The Labute approximate surface area is 121 Å². The number of hydrogen-bond donors (Lipinski definition) is 1. The van der Waals surface area contributed by atoms with E-state index in [9.17, 15) is 0 Å². The summed E-state index contributed by atoms with van der Waals surface area (Å²) < 4.78 is 0. The highest BCUT2D eigenvalue weighted by molar-refractivity contribution is 7.10. The number of nitrogens with one attached hydrogen (secondary N) is 1. The number of thiophene rings is 1. The summed E-state index contributed by atoms with van der Waals surface area (Å²) in [6.45, 7) is 3.47. The summed E-state index contributed by atoms with van der Waals surface area (Å²) in [7, 11) is 0. The Morgan fingerprint density at radius 2 is 2.21 bits per heavy atom. The van der Waals surface area contributed by atoms with Gasteiger partial charge in [-0.1, -0.05) is 26.2 Å². The molecule has 1 aromatic heterocycles. The summed E-state index contributed by atoms with van der Waals surface area (Å²) in [4.78, 5) is 1.67. The molecule has 2 aliphatic rings. The molecule has 2 atom stereocenters. The van der Waals surface area contributed by atoms with E-state index in [4.69, 9.17) is 0 Å². The molecule has 3 rings (SSSR count). The van der Waals surface area contributed by atoms with Crippen LogP contribution < -0.4 is 5.32 Å². The van der Waals surface area contributed by atoms with Gasteiger partial charge in [0.2, 0.25) is 0 Å². The number of aryl methyl sites for hydroxylation is 1. The molecule has 2 unspecified atom stereocenters. The second-order valence-corrected chi connectivity index (χ2v) is 7.39. The zero-order valence-corrected chi connectivity index (χ0v) is 13.0. The Bertz CT molecular complexity index is 394. The fraction of sp³-hybridized carbons (Fsp3) is 0.765. The fourth-order valence-corrected chi connectivity index (χ4v) is 4.74. The predicted octanol–water partition coefficient (Wildman–Crippen LogP) is 4.73. The Morgan fingerprint density at radius 3 is 2.95 bits per heavy atom. The Balaban J connectivity index is 1.71. The van der Waals surface area contributed by atoms with Crippen LogP contribution >= 0.6 is 11.3 Å². The number of fused-ring (bicyclic) bond motifs is 1. The third kappa shape index (κ3) is 3.05. The van der Waals surface area contributed by atoms with Gasteiger partial charge in [0.05, 0.1) is 0 Å². The van der Waals surface area contributed by atoms with E-state index >= 15 is 0 Å². The molecule has 0 bridgehead atoms. The van der Waals surface area contributed by atoms with Gasteiger partial charge < -0.3 is 5.32 Å². The molecule has 1 fully saturated rings. The van der Waals surface area contributed by atoms with E-state index in [0.29, 0.717) is 0 Å². The summed E-state index contributed by atoms with van der Waals surface area (Å²) >= 11 is 1.98. The topological polar surface area (TPSA) is 12.0 Å². The number of hydrogen-bond acceptors (Lipinski definition) is 2. The van der Waals surface area contributed by atoms with Gasteiger partial charge in [0, 0.05) is 16.8 Å². The van der Waals surface area contributed by atoms with Gasteiger partial charge in [-0.15, -0.1) is 11.3 Å². The molecule has 0 amide bonds. The van der Waals surface area contributed by atoms with E-state index < -0.39 is 0 Å². The molecule has 106 valence electrons. The fourth-order valence-electron chi connectivity index (χ4n) is 3.75. The van der Waals surface area contributed by atoms with E-state index in [1.165, 1.54) is 57.9 Å². The van der Waals surface area contributed by atoms with Crippen molar-refractivity contribution in [2.24, 2.45) is 5.92 Å². The van der Waals surface area contributed by atoms with Crippen LogP contribution in [0.3, 0.4) is 0 Å². The predicted molar refractivity (Wildman–Crippen MR) is 84.0 cm³/mol. The Kier molecular flexibility index (Phi) is 4.60. The van der Waals surface area contributed by atoms with E-state index in [2.05, 4.69) is 23.7 Å². The van der Waals surface area contributed by atoms with Crippen LogP contribution in [-0.2, 0) is 6.42 Å². The summed E-state index contributed by atoms with van der Waals surface area (Å²) in [5, 5.41) is 6.18. The van der Waals surface area contributed by atoms with Crippen LogP contribution in [0.2, 0.25) is 0 Å². The third-order valence-corrected chi connectivity index (χ3v) is 6.05. The van der Waals surface area contributed by atoms with Crippen molar-refractivity contribution in [1.29, 1.82) is 0 Å². The second-order valence-electron chi connectivity index (χ2n) is 6.39. The molecule has 0 saturated heterocycles. The molecule has 2 heteroatoms. The van der Waals surface area contributed by atoms with Crippen LogP contribution in [0, 0.1) is 5.92 Å². The van der Waals surface area contributed by atoms with Gasteiger partial charge in [-0.2, -0.15) is 0 Å². The van der Waals surface area contributed by atoms with Crippen molar-refractivity contribution < 1.29 is 0 Å². The number of rotatable bonds is 6. The monoisotopic (exact) mass is 277 g/mol. The van der Waals surface area contributed by atoms with Gasteiger partial charge in [0.15, 0.2) is 0 Å². The molecule has 2 aliphatic carbocycles. The molecule has 1 aromatic rings. The van der Waals surface area contributed by atoms with Crippen LogP contribution in [0.25, 0.3) is 0 Å². The van der Waals surface area contributed by atoms with Crippen molar-refractivity contribution in [3.63, 3.8) is 0 Å². The molecular formula is C17H27NS. The highest BCUT2D eigenvalue weighted by Crippen LogP contribution is 2.40. The van der Waals surface area contributed by atoms with E-state index in [1.54, 1.807) is 10.4 Å². The van der Waals surface area contributed by atoms with Gasteiger partial charge >= 0.3 is 0 Å². The van der Waals surface area contributed by atoms with E-state index in [1.807, 2.05) is 11.3 Å². The van der Waals surface area contributed by atoms with Crippen LogP contribution in [0.15, 0.2) is 11.4 Å². The normalized spacial score (nSPS) is 24.8. The van der Waals surface area contributed by atoms with Gasteiger partial charge in [-0.3, -0.25) is 0 Å². The highest BCUT2D eigenvalue weighted by Gasteiger charge is 2.31. The maximum Gasteiger partial charge on any atom is 0.0139 e. The standard InChI is InChI=1S/C17H27NS/c1-2-10-18-16(12-13-5-3-6-13)14-7-4-8-17-15(14)9-11-19-17/h9,11,13-14,16,18H,2-8,10,12H2,1H3. The lowest BCUT2D eigenvalue weighted by Crippen LogP contribution is -2.39. The average Bonchev–Trinajstić information content (AvgIpc) is 2.85. The molecule has 1 N–H and O–H groups in total. The maximum atomic E-state index is 3.87. The quantitative estimate of drug-likeness (QED) is 0.793. The lowest BCUT2D eigenvalue weighted by atomic mass is 9.74. The zero-order chi connectivity index (χ0) is 13.1. The molecule has 1 heterocycles. The Hall–Kier alpha value is -0.340. The lowest BCUT2D eigenvalue weighted by molar-refractivity contribution is 0.237. The molecule has 19 heavy (non-hydrogen) atoms. The lowest BCUT2D eigenvalue weighted by Gasteiger charge is -2.36. The molecule has 0 radical (unpaired) electrons. The van der Waals surface area contributed by atoms with Crippen molar-refractivity contribution in [3.05, 3.63) is 21.9 Å². The first-order valence-corrected chi connectivity index (χ1v) is 9.06. The third-order valence-electron chi connectivity index (χ3n) is 5.05. The SMILES string of the molecule is CCCNC(CC1CCC1)C1CCCc2sccc21. The molecule has 0 aliphatic heterocycles. The van der Waals surface area contributed by atoms with E-state index in [-0.39, 0.29) is 0 Å². The average molecular weight is 277 g/mol. The van der Waals surface area contributed by atoms with Gasteiger partial charge in [-0.05, 0) is 61.6 Å². The minimum Gasteiger partial charge on any atom is -0.313 e. The minimum absolute atomic E-state index is 0.735. The van der Waals surface area contributed by atoms with Crippen LogP contribution in [0.1, 0.15) is 68.2 Å². The first-order valence-electron chi connectivity index (χ1n) is 8.18. The van der Waals surface area contributed by atoms with Crippen molar-refractivity contribution in [3.8, 4) is 0 Å². The minimum atomic E-state index is 0.735. The van der Waals surface area contributed by atoms with E-state index in [0.717, 1.165) is 17.9 Å². The first-order chi connectivity index (χ1) is 9.38. The zero-order valence-electron chi connectivity index (χ0n) is 12.2. The van der Waals surface area contributed by atoms with Crippen molar-refractivity contribution in [1.82, 2.24) is 5.32 Å². The van der Waals surface area contributed by atoms with Crippen LogP contribution in [-0.4, -0.2) is 12.6 Å². The molecular weight excluding hydrogens is 250 g/mol. The van der Waals surface area contributed by atoms with Gasteiger partial charge in [0.1, 0.15) is 0 Å².